The molecule has 1 saturated heterocycles. The van der Waals surface area contributed by atoms with Gasteiger partial charge in [-0.05, 0) is 43.2 Å². The fourth-order valence-corrected chi connectivity index (χ4v) is 4.15. The van der Waals surface area contributed by atoms with E-state index in [1.165, 1.54) is 6.07 Å². The van der Waals surface area contributed by atoms with Gasteiger partial charge in [-0.25, -0.2) is 9.38 Å². The van der Waals surface area contributed by atoms with Crippen LogP contribution in [0.1, 0.15) is 12.5 Å². The molecule has 7 heteroatoms. The number of benzene rings is 2. The Balaban J connectivity index is 1.54. The highest BCUT2D eigenvalue weighted by molar-refractivity contribution is 5.78. The Bertz CT molecular complexity index is 1250. The molecule has 1 aromatic heterocycles. The maximum absolute atomic E-state index is 14.2. The summed E-state index contributed by atoms with van der Waals surface area (Å²) in [5.74, 6) is 0.610. The molecule has 180 valence electrons. The molecule has 4 rings (SSSR count). The normalized spacial score (nSPS) is 14.5. The van der Waals surface area contributed by atoms with Gasteiger partial charge in [0.05, 0.1) is 11.4 Å². The molecule has 0 N–H and O–H groups in total. The van der Waals surface area contributed by atoms with E-state index < -0.39 is 0 Å². The summed E-state index contributed by atoms with van der Waals surface area (Å²) in [6.45, 7) is 10.1. The maximum Gasteiger partial charge on any atom is 0.244 e. The number of carbonyl (C=O) groups excluding carboxylic acids is 1. The number of allylic oxidation sites excluding steroid dienone is 2. The number of aromatic nitrogens is 2. The van der Waals surface area contributed by atoms with E-state index in [1.54, 1.807) is 30.0 Å². The molecule has 0 bridgehead atoms. The third-order valence-electron chi connectivity index (χ3n) is 6.13. The minimum absolute atomic E-state index is 0.00295. The van der Waals surface area contributed by atoms with Crippen molar-refractivity contribution in [3.05, 3.63) is 90.5 Å². The first-order valence-electron chi connectivity index (χ1n) is 11.7. The fraction of sp³-hybridized carbons (Fsp3) is 0.250. The smallest absolute Gasteiger partial charge is 0.244 e. The molecule has 3 aromatic rings. The predicted molar refractivity (Wildman–Crippen MR) is 138 cm³/mol. The van der Waals surface area contributed by atoms with Gasteiger partial charge in [0.2, 0.25) is 5.91 Å². The highest BCUT2D eigenvalue weighted by Crippen LogP contribution is 2.27. The van der Waals surface area contributed by atoms with Gasteiger partial charge < -0.3 is 9.80 Å². The summed E-state index contributed by atoms with van der Waals surface area (Å²) in [5, 5.41) is 4.71. The highest BCUT2D eigenvalue weighted by atomic mass is 19.1. The van der Waals surface area contributed by atoms with Crippen LogP contribution in [0.15, 0.2) is 84.1 Å². The third-order valence-corrected chi connectivity index (χ3v) is 6.13. The predicted octanol–water partition coefficient (Wildman–Crippen LogP) is 4.93. The second kappa shape index (κ2) is 11.0. The lowest BCUT2D eigenvalue weighted by molar-refractivity contribution is -0.133. The van der Waals surface area contributed by atoms with Crippen LogP contribution in [0.3, 0.4) is 0 Å². The van der Waals surface area contributed by atoms with Crippen molar-refractivity contribution in [2.75, 3.05) is 26.2 Å². The van der Waals surface area contributed by atoms with Crippen molar-refractivity contribution in [1.82, 2.24) is 19.6 Å². The number of rotatable bonds is 7. The number of aliphatic imine (C=N–C) groups is 1. The van der Waals surface area contributed by atoms with E-state index in [-0.39, 0.29) is 18.3 Å². The van der Waals surface area contributed by atoms with Crippen LogP contribution in [0.25, 0.3) is 22.5 Å². The average molecular weight is 472 g/mol. The van der Waals surface area contributed by atoms with Crippen LogP contribution in [-0.4, -0.2) is 57.9 Å². The van der Waals surface area contributed by atoms with Gasteiger partial charge in [-0.15, -0.1) is 0 Å². The van der Waals surface area contributed by atoms with E-state index in [0.717, 1.165) is 17.1 Å². The van der Waals surface area contributed by atoms with E-state index in [0.29, 0.717) is 43.0 Å². The summed E-state index contributed by atoms with van der Waals surface area (Å²) in [7, 11) is 0. The van der Waals surface area contributed by atoms with Gasteiger partial charge in [-0.1, -0.05) is 55.1 Å². The lowest BCUT2D eigenvalue weighted by Gasteiger charge is -2.36. The topological polar surface area (TPSA) is 53.7 Å². The zero-order valence-corrected chi connectivity index (χ0v) is 20.2. The second-order valence-corrected chi connectivity index (χ2v) is 8.43. The lowest BCUT2D eigenvalue weighted by Crippen LogP contribution is -2.49. The van der Waals surface area contributed by atoms with Crippen molar-refractivity contribution in [2.45, 2.75) is 20.4 Å². The zero-order valence-electron chi connectivity index (χ0n) is 20.2. The summed E-state index contributed by atoms with van der Waals surface area (Å²) < 4.78 is 15.9. The van der Waals surface area contributed by atoms with Gasteiger partial charge in [0, 0.05) is 38.0 Å². The number of hydrogen-bond donors (Lipinski definition) is 0. The average Bonchev–Trinajstić information content (AvgIpc) is 3.30. The molecule has 0 aliphatic carbocycles. The molecule has 35 heavy (non-hydrogen) atoms. The largest absolute Gasteiger partial charge is 0.353 e. The minimum Gasteiger partial charge on any atom is -0.353 e. The fourth-order valence-electron chi connectivity index (χ4n) is 4.15. The van der Waals surface area contributed by atoms with Gasteiger partial charge in [0.15, 0.2) is 0 Å². The Morgan fingerprint density at radius 2 is 1.77 bits per heavy atom. The number of carbonyl (C=O) groups is 1. The minimum atomic E-state index is -0.273. The number of aryl methyl sites for hydroxylation is 1. The first-order valence-corrected chi connectivity index (χ1v) is 11.7. The van der Waals surface area contributed by atoms with Gasteiger partial charge in [-0.3, -0.25) is 9.48 Å². The monoisotopic (exact) mass is 471 g/mol. The van der Waals surface area contributed by atoms with Gasteiger partial charge >= 0.3 is 0 Å². The Morgan fingerprint density at radius 1 is 1.06 bits per heavy atom. The number of nitrogens with zero attached hydrogens (tertiary/aromatic N) is 5. The summed E-state index contributed by atoms with van der Waals surface area (Å²) in [6.07, 6.45) is 5.28. The summed E-state index contributed by atoms with van der Waals surface area (Å²) >= 11 is 0. The molecule has 2 aromatic carbocycles. The summed E-state index contributed by atoms with van der Waals surface area (Å²) in [5.41, 5.74) is 3.68. The Kier molecular flexibility index (Phi) is 7.55. The van der Waals surface area contributed by atoms with Gasteiger partial charge in [-0.2, -0.15) is 5.10 Å². The molecule has 1 amide bonds. The Labute approximate surface area is 205 Å². The van der Waals surface area contributed by atoms with Crippen LogP contribution in [0.4, 0.5) is 4.39 Å². The standard InChI is InChI=1S/C28H30FN5O/c1-4-13-30-27(5-2)32-14-16-33(17-15-32)28(35)20-34-26(22-9-7-6-8-10-22)19-25(31-34)23-12-11-21(3)24(29)18-23/h4-13,18-19H,1,14-17,20H2,2-3H3/b27-5+,30-13-. The van der Waals surface area contributed by atoms with Crippen LogP contribution < -0.4 is 0 Å². The third kappa shape index (κ3) is 5.57. The maximum atomic E-state index is 14.2. The number of halogens is 1. The highest BCUT2D eigenvalue weighted by Gasteiger charge is 2.23. The molecule has 2 heterocycles. The Hall–Kier alpha value is -4.00. The van der Waals surface area contributed by atoms with E-state index in [2.05, 4.69) is 16.5 Å². The molecular formula is C28H30FN5O. The van der Waals surface area contributed by atoms with Crippen molar-refractivity contribution in [1.29, 1.82) is 0 Å². The van der Waals surface area contributed by atoms with E-state index in [9.17, 15) is 9.18 Å². The lowest BCUT2D eigenvalue weighted by atomic mass is 10.1. The number of hydrogen-bond acceptors (Lipinski definition) is 4. The zero-order chi connectivity index (χ0) is 24.8. The van der Waals surface area contributed by atoms with Crippen LogP contribution in [0, 0.1) is 12.7 Å². The molecule has 0 radical (unpaired) electrons. The van der Waals surface area contributed by atoms with Crippen LogP contribution >= 0.6 is 0 Å². The molecular weight excluding hydrogens is 441 g/mol. The molecule has 0 spiro atoms. The van der Waals surface area contributed by atoms with E-state index in [1.807, 2.05) is 60.4 Å². The molecule has 1 aliphatic rings. The van der Waals surface area contributed by atoms with Crippen molar-refractivity contribution in [3.63, 3.8) is 0 Å². The van der Waals surface area contributed by atoms with Crippen LogP contribution in [0.5, 0.6) is 0 Å². The number of piperazine rings is 1. The molecule has 6 nitrogen and oxygen atoms in total. The first-order chi connectivity index (χ1) is 17.0. The van der Waals surface area contributed by atoms with Gasteiger partial charge in [0.25, 0.3) is 0 Å². The van der Waals surface area contributed by atoms with E-state index in [4.69, 9.17) is 5.10 Å². The Morgan fingerprint density at radius 3 is 2.43 bits per heavy atom. The summed E-state index contributed by atoms with van der Waals surface area (Å²) in [4.78, 5) is 21.7. The molecule has 0 unspecified atom stereocenters. The van der Waals surface area contributed by atoms with Crippen molar-refractivity contribution in [3.8, 4) is 22.5 Å². The molecule has 1 fully saturated rings. The summed E-state index contributed by atoms with van der Waals surface area (Å²) in [6, 6.07) is 16.8. The van der Waals surface area contributed by atoms with Crippen molar-refractivity contribution < 1.29 is 9.18 Å². The van der Waals surface area contributed by atoms with E-state index >= 15 is 0 Å². The second-order valence-electron chi connectivity index (χ2n) is 8.43. The SMILES string of the molecule is C=C/C=N\C(=C/C)N1CCN(C(=O)Cn2nc(-c3ccc(C)c(F)c3)cc2-c2ccccc2)CC1. The van der Waals surface area contributed by atoms with Crippen molar-refractivity contribution >= 4 is 12.1 Å². The quantitative estimate of drug-likeness (QED) is 0.460. The van der Waals surface area contributed by atoms with Crippen molar-refractivity contribution in [2.24, 2.45) is 4.99 Å². The molecule has 0 saturated carbocycles. The molecule has 0 atom stereocenters. The van der Waals surface area contributed by atoms with Gasteiger partial charge in [0.1, 0.15) is 18.2 Å². The number of amides is 1. The van der Waals surface area contributed by atoms with Crippen LogP contribution in [0.2, 0.25) is 0 Å². The first kappa shape index (κ1) is 24.1. The van der Waals surface area contributed by atoms with Crippen LogP contribution in [-0.2, 0) is 11.3 Å². The molecule has 1 aliphatic heterocycles.